The first-order valence-electron chi connectivity index (χ1n) is 10.1. The SMILES string of the molecule is Cc1cc(N(C)C(=O)OC(C)(C)C)cc(C)c1CC(C)[S@+]([O-])N1CCC(=O)CC1. The summed E-state index contributed by atoms with van der Waals surface area (Å²) >= 11 is -1.12. The van der Waals surface area contributed by atoms with Crippen molar-refractivity contribution in [3.63, 3.8) is 0 Å². The first-order chi connectivity index (χ1) is 13.4. The lowest BCUT2D eigenvalue weighted by molar-refractivity contribution is -0.120. The van der Waals surface area contributed by atoms with Crippen LogP contribution < -0.4 is 4.90 Å². The van der Waals surface area contributed by atoms with Crippen LogP contribution in [0.25, 0.3) is 0 Å². The standard InChI is InChI=1S/C22H34N2O4S/c1-15-12-18(23(7)21(26)28-22(4,5)6)13-16(2)20(15)14-17(3)29(27)24-10-8-19(25)9-11-24/h12-13,17H,8-11,14H2,1-7H3/t17?,29-/m0/s1. The Balaban J connectivity index is 2.10. The van der Waals surface area contributed by atoms with Gasteiger partial charge in [-0.15, -0.1) is 4.31 Å². The third-order valence-corrected chi connectivity index (χ3v) is 6.84. The van der Waals surface area contributed by atoms with E-state index in [9.17, 15) is 14.1 Å². The van der Waals surface area contributed by atoms with Crippen molar-refractivity contribution in [2.75, 3.05) is 25.0 Å². The number of ether oxygens (including phenoxy) is 1. The van der Waals surface area contributed by atoms with Crippen molar-refractivity contribution in [3.05, 3.63) is 28.8 Å². The van der Waals surface area contributed by atoms with Crippen LogP contribution in [0.3, 0.4) is 0 Å². The highest BCUT2D eigenvalue weighted by atomic mass is 32.2. The van der Waals surface area contributed by atoms with Gasteiger partial charge in [0.15, 0.2) is 0 Å². The van der Waals surface area contributed by atoms with Gasteiger partial charge in [-0.1, -0.05) is 0 Å². The minimum Gasteiger partial charge on any atom is -0.598 e. The first-order valence-corrected chi connectivity index (χ1v) is 11.3. The predicted molar refractivity (Wildman–Crippen MR) is 118 cm³/mol. The third kappa shape index (κ3) is 6.46. The summed E-state index contributed by atoms with van der Waals surface area (Å²) in [7, 11) is 1.71. The summed E-state index contributed by atoms with van der Waals surface area (Å²) in [6.07, 6.45) is 1.27. The topological polar surface area (TPSA) is 72.9 Å². The zero-order valence-corrected chi connectivity index (χ0v) is 19.5. The minimum atomic E-state index is -1.12. The van der Waals surface area contributed by atoms with Gasteiger partial charge in [0.1, 0.15) is 16.6 Å². The molecular weight excluding hydrogens is 388 g/mol. The number of Topliss-reactive ketones (excluding diaryl/α,β-unsaturated/α-hetero) is 1. The molecule has 1 aromatic rings. The molecule has 1 aliphatic rings. The summed E-state index contributed by atoms with van der Waals surface area (Å²) in [6.45, 7) is 12.7. The van der Waals surface area contributed by atoms with Gasteiger partial charge >= 0.3 is 6.09 Å². The number of benzene rings is 1. The van der Waals surface area contributed by atoms with Crippen molar-refractivity contribution in [1.82, 2.24) is 4.31 Å². The van der Waals surface area contributed by atoms with Crippen molar-refractivity contribution in [1.29, 1.82) is 0 Å². The van der Waals surface area contributed by atoms with Crippen molar-refractivity contribution in [3.8, 4) is 0 Å². The normalized spacial score (nSPS) is 17.7. The van der Waals surface area contributed by atoms with Gasteiger partial charge in [0, 0.05) is 43.4 Å². The Morgan fingerprint density at radius 3 is 2.24 bits per heavy atom. The summed E-state index contributed by atoms with van der Waals surface area (Å²) in [5.74, 6) is 0.252. The van der Waals surface area contributed by atoms with Gasteiger partial charge in [-0.3, -0.25) is 9.69 Å². The Hall–Kier alpha value is -1.57. The lowest BCUT2D eigenvalue weighted by atomic mass is 9.97. The van der Waals surface area contributed by atoms with Gasteiger partial charge in [0.2, 0.25) is 0 Å². The maximum absolute atomic E-state index is 12.9. The van der Waals surface area contributed by atoms with E-state index in [1.807, 2.05) is 58.0 Å². The number of ketones is 1. The number of anilines is 1. The maximum atomic E-state index is 12.9. The summed E-state index contributed by atoms with van der Waals surface area (Å²) < 4.78 is 20.3. The van der Waals surface area contributed by atoms with E-state index in [4.69, 9.17) is 4.74 Å². The molecule has 0 radical (unpaired) electrons. The second kappa shape index (κ2) is 9.49. The molecule has 1 fully saturated rings. The smallest absolute Gasteiger partial charge is 0.414 e. The van der Waals surface area contributed by atoms with Gasteiger partial charge in [-0.2, -0.15) is 0 Å². The molecule has 1 saturated heterocycles. The summed E-state index contributed by atoms with van der Waals surface area (Å²) in [5.41, 5.74) is 3.51. The van der Waals surface area contributed by atoms with Gasteiger partial charge in [0.25, 0.3) is 0 Å². The Bertz CT molecular complexity index is 727. The first kappa shape index (κ1) is 23.7. The Labute approximate surface area is 177 Å². The van der Waals surface area contributed by atoms with Crippen molar-refractivity contribution >= 4 is 28.9 Å². The molecule has 6 nitrogen and oxygen atoms in total. The second-order valence-corrected chi connectivity index (χ2v) is 10.7. The molecule has 162 valence electrons. The third-order valence-electron chi connectivity index (χ3n) is 5.11. The molecule has 1 aliphatic heterocycles. The predicted octanol–water partition coefficient (Wildman–Crippen LogP) is 3.93. The van der Waals surface area contributed by atoms with Crippen LogP contribution in [-0.2, 0) is 27.3 Å². The number of aryl methyl sites for hydroxylation is 2. The molecule has 0 N–H and O–H groups in total. The fourth-order valence-electron chi connectivity index (χ4n) is 3.45. The number of amides is 1. The largest absolute Gasteiger partial charge is 0.598 e. The van der Waals surface area contributed by atoms with Crippen LogP contribution in [0.2, 0.25) is 0 Å². The Kier molecular flexibility index (Phi) is 7.76. The van der Waals surface area contributed by atoms with E-state index in [2.05, 4.69) is 0 Å². The van der Waals surface area contributed by atoms with E-state index in [1.165, 1.54) is 4.90 Å². The van der Waals surface area contributed by atoms with E-state index < -0.39 is 23.1 Å². The highest BCUT2D eigenvalue weighted by Gasteiger charge is 2.31. The van der Waals surface area contributed by atoms with E-state index in [-0.39, 0.29) is 11.0 Å². The number of hydrogen-bond acceptors (Lipinski definition) is 5. The molecule has 0 bridgehead atoms. The quantitative estimate of drug-likeness (QED) is 0.672. The van der Waals surface area contributed by atoms with Gasteiger partial charge in [-0.25, -0.2) is 4.79 Å². The molecule has 1 aromatic carbocycles. The summed E-state index contributed by atoms with van der Waals surface area (Å²) in [6, 6.07) is 3.95. The van der Waals surface area contributed by atoms with Gasteiger partial charge in [-0.05, 0) is 70.4 Å². The van der Waals surface area contributed by atoms with Crippen LogP contribution in [-0.4, -0.2) is 51.7 Å². The van der Waals surface area contributed by atoms with E-state index >= 15 is 0 Å². The molecular formula is C22H34N2O4S. The van der Waals surface area contributed by atoms with Crippen LogP contribution in [0.5, 0.6) is 0 Å². The molecule has 0 spiro atoms. The molecule has 7 heteroatoms. The highest BCUT2D eigenvalue weighted by molar-refractivity contribution is 7.89. The van der Waals surface area contributed by atoms with Crippen LogP contribution in [0, 0.1) is 13.8 Å². The van der Waals surface area contributed by atoms with Gasteiger partial charge in [0.05, 0.1) is 13.1 Å². The molecule has 2 atom stereocenters. The average Bonchev–Trinajstić information content (AvgIpc) is 2.62. The molecule has 2 rings (SSSR count). The van der Waals surface area contributed by atoms with Crippen molar-refractivity contribution < 1.29 is 18.9 Å². The number of rotatable bonds is 5. The van der Waals surface area contributed by atoms with Crippen LogP contribution in [0.1, 0.15) is 57.2 Å². The zero-order valence-electron chi connectivity index (χ0n) is 18.7. The monoisotopic (exact) mass is 422 g/mol. The number of carbonyl (C=O) groups is 2. The van der Waals surface area contributed by atoms with E-state index in [0.717, 1.165) is 22.4 Å². The molecule has 29 heavy (non-hydrogen) atoms. The highest BCUT2D eigenvalue weighted by Crippen LogP contribution is 2.27. The number of carbonyl (C=O) groups excluding carboxylic acids is 2. The number of nitrogens with zero attached hydrogens (tertiary/aromatic N) is 2. The molecule has 0 aromatic heterocycles. The lowest BCUT2D eigenvalue weighted by Crippen LogP contribution is -2.43. The number of piperidine rings is 1. The van der Waals surface area contributed by atoms with Crippen molar-refractivity contribution in [2.45, 2.75) is 71.7 Å². The van der Waals surface area contributed by atoms with Crippen LogP contribution in [0.15, 0.2) is 12.1 Å². The second-order valence-electron chi connectivity index (χ2n) is 8.86. The van der Waals surface area contributed by atoms with Crippen LogP contribution >= 0.6 is 0 Å². The fraction of sp³-hybridized carbons (Fsp3) is 0.636. The Morgan fingerprint density at radius 2 is 1.76 bits per heavy atom. The molecule has 0 aliphatic carbocycles. The summed E-state index contributed by atoms with van der Waals surface area (Å²) in [5, 5.41) is -0.0463. The van der Waals surface area contributed by atoms with Crippen molar-refractivity contribution in [2.24, 2.45) is 0 Å². The van der Waals surface area contributed by atoms with Crippen LogP contribution in [0.4, 0.5) is 10.5 Å². The molecule has 1 amide bonds. The summed E-state index contributed by atoms with van der Waals surface area (Å²) in [4.78, 5) is 25.3. The van der Waals surface area contributed by atoms with E-state index in [0.29, 0.717) is 32.4 Å². The molecule has 1 heterocycles. The fourth-order valence-corrected chi connectivity index (χ4v) is 4.81. The maximum Gasteiger partial charge on any atom is 0.414 e. The number of hydrogen-bond donors (Lipinski definition) is 0. The lowest BCUT2D eigenvalue weighted by Gasteiger charge is -2.31. The zero-order chi connectivity index (χ0) is 21.9. The molecule has 1 unspecified atom stereocenters. The van der Waals surface area contributed by atoms with Gasteiger partial charge < -0.3 is 9.29 Å². The molecule has 0 saturated carbocycles. The van der Waals surface area contributed by atoms with E-state index in [1.54, 1.807) is 7.05 Å². The minimum absolute atomic E-state index is 0.0463. The Morgan fingerprint density at radius 1 is 1.24 bits per heavy atom. The average molecular weight is 423 g/mol.